The van der Waals surface area contributed by atoms with Crippen LogP contribution < -0.4 is 0 Å². The maximum atomic E-state index is 8.14. The second-order valence-electron chi connectivity index (χ2n) is 0. The van der Waals surface area contributed by atoms with Gasteiger partial charge in [-0.3, -0.25) is 9.39 Å². The van der Waals surface area contributed by atoms with Crippen molar-refractivity contribution < 1.29 is 26.7 Å². The van der Waals surface area contributed by atoms with Gasteiger partial charge in [-0.05, 0) is 9.47 Å². The molecule has 0 aliphatic rings. The molecule has 0 saturated heterocycles. The zero-order valence-corrected chi connectivity index (χ0v) is 6.79. The first kappa shape index (κ1) is 15.7. The van der Waals surface area contributed by atoms with Crippen LogP contribution in [0.5, 0.6) is 0 Å². The van der Waals surface area contributed by atoms with Crippen molar-refractivity contribution >= 4 is 18.9 Å². The average Bonchev–Trinajstić information content (AvgIpc) is 1.81. The molecule has 0 heterocycles. The van der Waals surface area contributed by atoms with Gasteiger partial charge >= 0.3 is 21.8 Å². The van der Waals surface area contributed by atoms with Crippen molar-refractivity contribution in [3.05, 3.63) is 5.50 Å². The fourth-order valence-corrected chi connectivity index (χ4v) is 0. The monoisotopic (exact) mass is 217 g/mol. The van der Waals surface area contributed by atoms with Crippen LogP contribution in [0, 0.1) is 0 Å². The third kappa shape index (κ3) is 63.5. The van der Waals surface area contributed by atoms with Crippen LogP contribution in [0.15, 0.2) is 0 Å². The summed E-state index contributed by atoms with van der Waals surface area (Å²) in [6.45, 7) is 0. The normalized spacial score (nSPS) is 2.83. The van der Waals surface area contributed by atoms with Crippen LogP contribution in [0.2, 0.25) is 0 Å². The van der Waals surface area contributed by atoms with E-state index in [0.717, 1.165) is 0 Å². The van der Waals surface area contributed by atoms with Gasteiger partial charge < -0.3 is 10.4 Å². The van der Waals surface area contributed by atoms with Crippen LogP contribution in [-0.2, 0) is 21.8 Å². The fraction of sp³-hybridized carbons (Fsp3) is 0. The Morgan fingerprint density at radius 1 is 1.33 bits per heavy atom. The second-order valence-corrected chi connectivity index (χ2v) is 0. The summed E-state index contributed by atoms with van der Waals surface area (Å²) < 4.78 is 8.14. The fourth-order valence-electron chi connectivity index (χ4n) is 0. The van der Waals surface area contributed by atoms with Gasteiger partial charge in [0.05, 0.1) is 0 Å². The summed E-state index contributed by atoms with van der Waals surface area (Å²) in [4.78, 5) is 6.92. The van der Waals surface area contributed by atoms with Crippen molar-refractivity contribution in [1.82, 2.24) is 0 Å². The maximum absolute atomic E-state index is 8.14. The molecule has 0 amide bonds. The topological polar surface area (TPSA) is 61.1 Å². The summed E-state index contributed by atoms with van der Waals surface area (Å²) >= 11 is 1.30. The van der Waals surface area contributed by atoms with Crippen LogP contribution in [0.1, 0.15) is 0 Å². The van der Waals surface area contributed by atoms with E-state index in [9.17, 15) is 0 Å². The van der Waals surface area contributed by atoms with Crippen LogP contribution in [0.25, 0.3) is 5.50 Å². The summed E-state index contributed by atoms with van der Waals surface area (Å²) in [6, 6.07) is 0. The van der Waals surface area contributed by atoms with E-state index in [2.05, 4.69) is 0 Å². The summed E-state index contributed by atoms with van der Waals surface area (Å²) in [5.74, 6) is 0. The summed E-state index contributed by atoms with van der Waals surface area (Å²) in [7, 11) is 3.08. The molecule has 6 heavy (non-hydrogen) atoms. The number of hydrogen-bond acceptors (Lipinski definition) is 2. The van der Waals surface area contributed by atoms with Gasteiger partial charge in [-0.1, -0.05) is 0 Å². The van der Waals surface area contributed by atoms with Crippen LogP contribution in [0.3, 0.4) is 0 Å². The molecule has 0 bridgehead atoms. The van der Waals surface area contributed by atoms with Gasteiger partial charge in [0, 0.05) is 0 Å². The van der Waals surface area contributed by atoms with E-state index in [1.165, 1.54) is 27.7 Å². The van der Waals surface area contributed by atoms with Gasteiger partial charge in [-0.25, -0.2) is 0 Å². The van der Waals surface area contributed by atoms with Crippen molar-refractivity contribution in [3.63, 3.8) is 0 Å². The zero-order valence-electron chi connectivity index (χ0n) is 2.84. The van der Waals surface area contributed by atoms with Gasteiger partial charge in [0.15, 0.2) is 0 Å². The molecule has 43 valence electrons. The van der Waals surface area contributed by atoms with Crippen molar-refractivity contribution in [1.29, 1.82) is 0 Å². The third-order valence-corrected chi connectivity index (χ3v) is 0. The average molecular weight is 217 g/mol. The third-order valence-electron chi connectivity index (χ3n) is 0. The molecule has 0 aromatic rings. The van der Waals surface area contributed by atoms with E-state index < -0.39 is 0 Å². The first-order valence-corrected chi connectivity index (χ1v) is 2.45. The molecule has 0 radical (unpaired) electrons. The molecule has 0 rings (SSSR count). The van der Waals surface area contributed by atoms with Crippen molar-refractivity contribution in [3.8, 4) is 0 Å². The predicted octanol–water partition coefficient (Wildman–Crippen LogP) is 0.476. The molecular weight excluding hydrogens is 211 g/mol. The minimum absolute atomic E-state index is 1.30. The van der Waals surface area contributed by atoms with Gasteiger partial charge in [-0.15, -0.1) is 0 Å². The van der Waals surface area contributed by atoms with Crippen molar-refractivity contribution in [2.24, 2.45) is 0 Å². The van der Waals surface area contributed by atoms with Crippen LogP contribution in [0.4, 0.5) is 0 Å². The van der Waals surface area contributed by atoms with E-state index in [-0.39, 0.29) is 0 Å². The zero-order chi connectivity index (χ0) is 6.00. The first-order valence-electron chi connectivity index (χ1n) is 0.683. The quantitative estimate of drug-likeness (QED) is 0.473. The molecule has 2 unspecified atom stereocenters. The Morgan fingerprint density at radius 2 is 1.33 bits per heavy atom. The van der Waals surface area contributed by atoms with Gasteiger partial charge in [0.25, 0.3) is 0 Å². The Labute approximate surface area is 51.6 Å². The molecule has 3 nitrogen and oxygen atoms in total. The molecular formula is H6NO2P2Rh-. The van der Waals surface area contributed by atoms with E-state index in [4.69, 9.17) is 14.0 Å². The molecule has 0 aromatic heterocycles. The van der Waals surface area contributed by atoms with E-state index in [1.807, 2.05) is 0 Å². The Kier molecular flexibility index (Phi) is 303. The van der Waals surface area contributed by atoms with Crippen molar-refractivity contribution in [2.75, 3.05) is 0 Å². The summed E-state index contributed by atoms with van der Waals surface area (Å²) in [6.07, 6.45) is 0. The van der Waals surface area contributed by atoms with E-state index >= 15 is 0 Å². The molecule has 0 saturated carbocycles. The standard InChI is InChI=1S/H3NP.H3OP.O.Rh/c2*1-2;;/h2*1H,2H2;;/q-1;;;. The molecule has 2 atom stereocenters. The Balaban J connectivity index is -0.0000000225. The second kappa shape index (κ2) is 116. The predicted molar refractivity (Wildman–Crippen MR) is 26.6 cm³/mol. The Hall–Kier alpha value is 1.20. The molecule has 2 N–H and O–H groups in total. The van der Waals surface area contributed by atoms with Gasteiger partial charge in [0.2, 0.25) is 0 Å². The molecule has 0 spiro atoms. The first-order chi connectivity index (χ1) is 3.00. The molecule has 0 fully saturated rings. The van der Waals surface area contributed by atoms with Gasteiger partial charge in [-0.2, -0.15) is 0 Å². The van der Waals surface area contributed by atoms with Gasteiger partial charge in [0.1, 0.15) is 0 Å². The van der Waals surface area contributed by atoms with Crippen LogP contribution in [-0.4, -0.2) is 4.89 Å². The molecule has 0 aliphatic carbocycles. The molecule has 0 aromatic carbocycles. The van der Waals surface area contributed by atoms with Crippen LogP contribution >= 0.6 is 18.9 Å². The number of hydrogen-bond donors (Lipinski definition) is 1. The summed E-state index contributed by atoms with van der Waals surface area (Å²) in [5.41, 5.74) is 5.67. The minimum atomic E-state index is 1.30. The summed E-state index contributed by atoms with van der Waals surface area (Å²) in [5, 5.41) is 0. The Morgan fingerprint density at radius 3 is 1.33 bits per heavy atom. The van der Waals surface area contributed by atoms with E-state index in [0.29, 0.717) is 0 Å². The SMILES string of the molecule is OP.[NH-]P.[O]=[Rh]. The number of nitrogens with one attached hydrogen (secondary N) is 1. The molecule has 0 aliphatic heterocycles. The Bertz CT molecular complexity index is 11.5. The number of rotatable bonds is 0. The van der Waals surface area contributed by atoms with Crippen molar-refractivity contribution in [2.45, 2.75) is 0 Å². The van der Waals surface area contributed by atoms with E-state index in [1.54, 1.807) is 9.39 Å². The molecule has 6 heteroatoms.